The number of carbonyl (C=O) groups is 1. The zero-order valence-electron chi connectivity index (χ0n) is 7.91. The van der Waals surface area contributed by atoms with Crippen molar-refractivity contribution in [1.82, 2.24) is 4.57 Å². The van der Waals surface area contributed by atoms with Crippen molar-refractivity contribution in [2.75, 3.05) is 12.3 Å². The van der Waals surface area contributed by atoms with E-state index < -0.39 is 0 Å². The molecule has 0 amide bonds. The molecule has 0 aliphatic rings. The van der Waals surface area contributed by atoms with Crippen LogP contribution in [0.4, 0.5) is 5.69 Å². The largest absolute Gasteiger partial charge is 0.461 e. The fraction of sp³-hybridized carbons (Fsp3) is 0.444. The molecular formula is C9H14N2O2. The minimum atomic E-state index is -0.355. The lowest BCUT2D eigenvalue weighted by Crippen LogP contribution is -2.12. The van der Waals surface area contributed by atoms with Crippen LogP contribution >= 0.6 is 0 Å². The molecule has 72 valence electrons. The number of aryl methyl sites for hydroxylation is 1. The smallest absolute Gasteiger partial charge is 0.357 e. The van der Waals surface area contributed by atoms with Gasteiger partial charge in [-0.05, 0) is 19.9 Å². The van der Waals surface area contributed by atoms with Gasteiger partial charge in [-0.3, -0.25) is 0 Å². The first-order chi connectivity index (χ1) is 6.20. The van der Waals surface area contributed by atoms with E-state index in [-0.39, 0.29) is 5.97 Å². The highest BCUT2D eigenvalue weighted by Crippen LogP contribution is 2.14. The first-order valence-electron chi connectivity index (χ1n) is 4.32. The predicted molar refractivity (Wildman–Crippen MR) is 50.5 cm³/mol. The molecule has 0 aliphatic carbocycles. The van der Waals surface area contributed by atoms with Gasteiger partial charge in [0, 0.05) is 12.7 Å². The number of nitrogen functional groups attached to an aromatic ring is 1. The van der Waals surface area contributed by atoms with E-state index in [1.165, 1.54) is 0 Å². The summed E-state index contributed by atoms with van der Waals surface area (Å²) in [5.74, 6) is -0.355. The van der Waals surface area contributed by atoms with Crippen molar-refractivity contribution >= 4 is 11.7 Å². The molecule has 0 radical (unpaired) electrons. The Kier molecular flexibility index (Phi) is 2.95. The number of carbonyl (C=O) groups excluding carboxylic acids is 1. The average molecular weight is 182 g/mol. The first-order valence-corrected chi connectivity index (χ1v) is 4.32. The van der Waals surface area contributed by atoms with E-state index in [4.69, 9.17) is 10.5 Å². The Morgan fingerprint density at radius 2 is 2.31 bits per heavy atom. The second-order valence-electron chi connectivity index (χ2n) is 2.63. The molecule has 0 aromatic carbocycles. The molecule has 2 N–H and O–H groups in total. The van der Waals surface area contributed by atoms with Gasteiger partial charge in [0.05, 0.1) is 12.3 Å². The van der Waals surface area contributed by atoms with Crippen LogP contribution < -0.4 is 5.73 Å². The van der Waals surface area contributed by atoms with Gasteiger partial charge >= 0.3 is 5.97 Å². The summed E-state index contributed by atoms with van der Waals surface area (Å²) >= 11 is 0. The Balaban J connectivity index is 2.96. The van der Waals surface area contributed by atoms with E-state index in [1.54, 1.807) is 23.8 Å². The highest BCUT2D eigenvalue weighted by molar-refractivity contribution is 5.93. The van der Waals surface area contributed by atoms with Gasteiger partial charge in [0.2, 0.25) is 0 Å². The molecule has 1 aromatic rings. The van der Waals surface area contributed by atoms with Gasteiger partial charge in [-0.1, -0.05) is 0 Å². The molecule has 0 aliphatic heterocycles. The zero-order valence-corrected chi connectivity index (χ0v) is 7.91. The van der Waals surface area contributed by atoms with Crippen LogP contribution in [0.5, 0.6) is 0 Å². The summed E-state index contributed by atoms with van der Waals surface area (Å²) < 4.78 is 6.64. The lowest BCUT2D eigenvalue weighted by molar-refractivity contribution is 0.0515. The van der Waals surface area contributed by atoms with Crippen LogP contribution in [0.25, 0.3) is 0 Å². The lowest BCUT2D eigenvalue weighted by Gasteiger charge is -2.06. The maximum atomic E-state index is 11.4. The zero-order chi connectivity index (χ0) is 9.84. The van der Waals surface area contributed by atoms with Crippen molar-refractivity contribution in [1.29, 1.82) is 0 Å². The summed E-state index contributed by atoms with van der Waals surface area (Å²) in [4.78, 5) is 11.4. The number of hydrogen-bond donors (Lipinski definition) is 1. The fourth-order valence-electron chi connectivity index (χ4n) is 1.19. The number of nitrogens with two attached hydrogens (primary N) is 1. The van der Waals surface area contributed by atoms with Gasteiger partial charge in [-0.15, -0.1) is 0 Å². The number of nitrogens with zero attached hydrogens (tertiary/aromatic N) is 1. The minimum Gasteiger partial charge on any atom is -0.461 e. The normalized spacial score (nSPS) is 10.0. The third kappa shape index (κ3) is 1.83. The molecule has 0 unspecified atom stereocenters. The second kappa shape index (κ2) is 3.98. The summed E-state index contributed by atoms with van der Waals surface area (Å²) in [5, 5.41) is 0. The molecule has 0 spiro atoms. The van der Waals surface area contributed by atoms with Crippen molar-refractivity contribution < 1.29 is 9.53 Å². The molecule has 4 nitrogen and oxygen atoms in total. The highest BCUT2D eigenvalue weighted by atomic mass is 16.5. The summed E-state index contributed by atoms with van der Waals surface area (Å²) in [6, 6.07) is 1.70. The van der Waals surface area contributed by atoms with Gasteiger partial charge in [-0.25, -0.2) is 4.79 Å². The van der Waals surface area contributed by atoms with Crippen molar-refractivity contribution in [3.8, 4) is 0 Å². The molecule has 0 saturated carbocycles. The SMILES string of the molecule is CCOC(=O)c1c(N)ccn1CC. The average Bonchev–Trinajstić information content (AvgIpc) is 2.47. The number of rotatable bonds is 3. The monoisotopic (exact) mass is 182 g/mol. The molecule has 0 atom stereocenters. The summed E-state index contributed by atoms with van der Waals surface area (Å²) in [6.07, 6.45) is 1.78. The molecule has 1 rings (SSSR count). The Morgan fingerprint density at radius 1 is 1.62 bits per heavy atom. The third-order valence-electron chi connectivity index (χ3n) is 1.80. The van der Waals surface area contributed by atoms with Crippen LogP contribution in [0, 0.1) is 0 Å². The van der Waals surface area contributed by atoms with Gasteiger partial charge in [0.15, 0.2) is 5.69 Å². The van der Waals surface area contributed by atoms with E-state index >= 15 is 0 Å². The number of aromatic nitrogens is 1. The highest BCUT2D eigenvalue weighted by Gasteiger charge is 2.15. The van der Waals surface area contributed by atoms with Crippen molar-refractivity contribution in [2.24, 2.45) is 0 Å². The quantitative estimate of drug-likeness (QED) is 0.716. The molecule has 1 aromatic heterocycles. The number of anilines is 1. The van der Waals surface area contributed by atoms with Crippen molar-refractivity contribution in [3.05, 3.63) is 18.0 Å². The van der Waals surface area contributed by atoms with Crippen LogP contribution in [0.15, 0.2) is 12.3 Å². The summed E-state index contributed by atoms with van der Waals surface area (Å²) in [7, 11) is 0. The lowest BCUT2D eigenvalue weighted by atomic mass is 10.3. The number of esters is 1. The van der Waals surface area contributed by atoms with E-state index in [2.05, 4.69) is 0 Å². The predicted octanol–water partition coefficient (Wildman–Crippen LogP) is 1.27. The molecule has 1 heterocycles. The first kappa shape index (κ1) is 9.64. The topological polar surface area (TPSA) is 57.2 Å². The Bertz CT molecular complexity index is 305. The Labute approximate surface area is 77.3 Å². The third-order valence-corrected chi connectivity index (χ3v) is 1.80. The van der Waals surface area contributed by atoms with Crippen LogP contribution in [0.3, 0.4) is 0 Å². The van der Waals surface area contributed by atoms with Crippen LogP contribution in [0.2, 0.25) is 0 Å². The van der Waals surface area contributed by atoms with Crippen LogP contribution in [-0.4, -0.2) is 17.1 Å². The van der Waals surface area contributed by atoms with E-state index in [9.17, 15) is 4.79 Å². The molecule has 0 saturated heterocycles. The van der Waals surface area contributed by atoms with Gasteiger partial charge in [0.25, 0.3) is 0 Å². The summed E-state index contributed by atoms with van der Waals surface area (Å²) in [5.41, 5.74) is 6.55. The van der Waals surface area contributed by atoms with Crippen molar-refractivity contribution in [3.63, 3.8) is 0 Å². The fourth-order valence-corrected chi connectivity index (χ4v) is 1.19. The van der Waals surface area contributed by atoms with Gasteiger partial charge in [-0.2, -0.15) is 0 Å². The van der Waals surface area contributed by atoms with Crippen LogP contribution in [-0.2, 0) is 11.3 Å². The van der Waals surface area contributed by atoms with Crippen molar-refractivity contribution in [2.45, 2.75) is 20.4 Å². The van der Waals surface area contributed by atoms with Gasteiger partial charge in [0.1, 0.15) is 0 Å². The maximum absolute atomic E-state index is 11.4. The Hall–Kier alpha value is -1.45. The van der Waals surface area contributed by atoms with E-state index in [0.717, 1.165) is 0 Å². The molecule has 4 heteroatoms. The number of hydrogen-bond acceptors (Lipinski definition) is 3. The van der Waals surface area contributed by atoms with Crippen LogP contribution in [0.1, 0.15) is 24.3 Å². The standard InChI is InChI=1S/C9H14N2O2/c1-3-11-6-5-7(10)8(11)9(12)13-4-2/h5-6H,3-4,10H2,1-2H3. The minimum absolute atomic E-state index is 0.355. The van der Waals surface area contributed by atoms with E-state index in [1.807, 2.05) is 6.92 Å². The molecular weight excluding hydrogens is 168 g/mol. The second-order valence-corrected chi connectivity index (χ2v) is 2.63. The van der Waals surface area contributed by atoms with Gasteiger partial charge < -0.3 is 15.0 Å². The Morgan fingerprint density at radius 3 is 2.85 bits per heavy atom. The van der Waals surface area contributed by atoms with E-state index in [0.29, 0.717) is 24.5 Å². The number of ether oxygens (including phenoxy) is 1. The summed E-state index contributed by atoms with van der Waals surface area (Å²) in [6.45, 7) is 4.80. The molecule has 13 heavy (non-hydrogen) atoms. The molecule has 0 bridgehead atoms. The maximum Gasteiger partial charge on any atom is 0.357 e. The molecule has 0 fully saturated rings.